The molecular formula is C24H19F4N5O2. The molecule has 0 radical (unpaired) electrons. The Kier molecular flexibility index (Phi) is 6.67. The Morgan fingerprint density at radius 2 is 1.91 bits per heavy atom. The number of aromatic nitrogens is 3. The van der Waals surface area contributed by atoms with Crippen molar-refractivity contribution in [2.75, 3.05) is 10.6 Å². The number of anilines is 2. The van der Waals surface area contributed by atoms with Gasteiger partial charge in [0.15, 0.2) is 0 Å². The molecule has 0 saturated heterocycles. The van der Waals surface area contributed by atoms with Crippen LogP contribution in [0.3, 0.4) is 0 Å². The number of nitrogens with zero attached hydrogens (tertiary/aromatic N) is 3. The molecule has 0 bridgehead atoms. The molecule has 2 N–H and O–H groups in total. The lowest BCUT2D eigenvalue weighted by atomic mass is 10.1. The highest BCUT2D eigenvalue weighted by molar-refractivity contribution is 6.04. The van der Waals surface area contributed by atoms with E-state index in [1.54, 1.807) is 24.1 Å². The van der Waals surface area contributed by atoms with Crippen LogP contribution in [0.2, 0.25) is 0 Å². The van der Waals surface area contributed by atoms with Crippen LogP contribution in [0.4, 0.5) is 28.9 Å². The van der Waals surface area contributed by atoms with Crippen molar-refractivity contribution in [1.29, 1.82) is 0 Å². The normalized spacial score (nSPS) is 11.2. The number of rotatable bonds is 7. The third kappa shape index (κ3) is 6.34. The van der Waals surface area contributed by atoms with Crippen LogP contribution < -0.4 is 15.4 Å². The predicted octanol–water partition coefficient (Wildman–Crippen LogP) is 5.38. The van der Waals surface area contributed by atoms with Crippen LogP contribution >= 0.6 is 0 Å². The summed E-state index contributed by atoms with van der Waals surface area (Å²) in [6, 6.07) is 12.3. The lowest BCUT2D eigenvalue weighted by Crippen LogP contribution is -2.17. The molecule has 0 fully saturated rings. The van der Waals surface area contributed by atoms with E-state index in [-0.39, 0.29) is 23.5 Å². The number of hydrogen-bond acceptors (Lipinski definition) is 5. The van der Waals surface area contributed by atoms with Gasteiger partial charge < -0.3 is 15.4 Å². The lowest BCUT2D eigenvalue weighted by molar-refractivity contribution is -0.274. The first-order valence-electron chi connectivity index (χ1n) is 10.3. The molecule has 4 aromatic rings. The Bertz CT molecular complexity index is 1350. The van der Waals surface area contributed by atoms with Crippen molar-refractivity contribution in [2.24, 2.45) is 7.05 Å². The number of aryl methyl sites for hydroxylation is 1. The average molecular weight is 485 g/mol. The second-order valence-corrected chi connectivity index (χ2v) is 7.53. The van der Waals surface area contributed by atoms with E-state index in [4.69, 9.17) is 0 Å². The smallest absolute Gasteiger partial charge is 0.406 e. The number of halogens is 4. The zero-order valence-corrected chi connectivity index (χ0v) is 18.3. The fourth-order valence-corrected chi connectivity index (χ4v) is 3.27. The Balaban J connectivity index is 1.45. The van der Waals surface area contributed by atoms with E-state index >= 15 is 0 Å². The number of nitrogens with one attached hydrogen (secondary N) is 2. The Hall–Kier alpha value is -4.41. The molecule has 0 spiro atoms. The highest BCUT2D eigenvalue weighted by atomic mass is 19.4. The third-order valence-electron chi connectivity index (χ3n) is 4.84. The van der Waals surface area contributed by atoms with E-state index in [1.165, 1.54) is 24.3 Å². The number of carbonyl (C=O) groups is 1. The molecule has 0 aliphatic carbocycles. The molecule has 0 aliphatic rings. The topological polar surface area (TPSA) is 81.1 Å². The summed E-state index contributed by atoms with van der Waals surface area (Å²) < 4.78 is 57.2. The standard InChI is InChI=1S/C24H19F4N5O2/c1-33-8-7-21(32-33)17-9-15(12-29-14-17)13-30-22-10-16(5-6-20(22)25)23(34)31-18-3-2-4-19(11-18)35-24(26,27)28/h2-12,14,30H,13H2,1H3,(H,31,34). The van der Waals surface area contributed by atoms with E-state index in [9.17, 15) is 22.4 Å². The monoisotopic (exact) mass is 485 g/mol. The van der Waals surface area contributed by atoms with Crippen molar-refractivity contribution in [3.63, 3.8) is 0 Å². The quantitative estimate of drug-likeness (QED) is 0.344. The number of carbonyl (C=O) groups excluding carboxylic acids is 1. The van der Waals surface area contributed by atoms with Gasteiger partial charge in [0, 0.05) is 55.1 Å². The minimum absolute atomic E-state index is 0.0787. The average Bonchev–Trinajstić information content (AvgIpc) is 3.24. The van der Waals surface area contributed by atoms with E-state index in [0.29, 0.717) is 0 Å². The highest BCUT2D eigenvalue weighted by Crippen LogP contribution is 2.26. The molecule has 2 aromatic heterocycles. The second kappa shape index (κ2) is 9.84. The first-order chi connectivity index (χ1) is 16.7. The van der Waals surface area contributed by atoms with Gasteiger partial charge in [-0.3, -0.25) is 14.5 Å². The fraction of sp³-hybridized carbons (Fsp3) is 0.125. The Morgan fingerprint density at radius 3 is 2.66 bits per heavy atom. The van der Waals surface area contributed by atoms with Crippen LogP contribution in [0.25, 0.3) is 11.3 Å². The number of amides is 1. The van der Waals surface area contributed by atoms with E-state index in [2.05, 4.69) is 25.5 Å². The van der Waals surface area contributed by atoms with E-state index < -0.39 is 23.8 Å². The van der Waals surface area contributed by atoms with Gasteiger partial charge in [0.05, 0.1) is 11.4 Å². The maximum absolute atomic E-state index is 14.4. The molecular weight excluding hydrogens is 466 g/mol. The number of benzene rings is 2. The summed E-state index contributed by atoms with van der Waals surface area (Å²) in [5, 5.41) is 9.75. The predicted molar refractivity (Wildman–Crippen MR) is 121 cm³/mol. The van der Waals surface area contributed by atoms with Crippen molar-refractivity contribution in [2.45, 2.75) is 12.9 Å². The highest BCUT2D eigenvalue weighted by Gasteiger charge is 2.31. The van der Waals surface area contributed by atoms with Gasteiger partial charge in [-0.25, -0.2) is 4.39 Å². The molecule has 1 amide bonds. The molecule has 2 aromatic carbocycles. The van der Waals surface area contributed by atoms with Gasteiger partial charge in [-0.05, 0) is 48.0 Å². The largest absolute Gasteiger partial charge is 0.573 e. The first kappa shape index (κ1) is 23.7. The van der Waals surface area contributed by atoms with Crippen LogP contribution in [0.15, 0.2) is 73.2 Å². The first-order valence-corrected chi connectivity index (χ1v) is 10.3. The number of pyridine rings is 1. The maximum Gasteiger partial charge on any atom is 0.573 e. The van der Waals surface area contributed by atoms with Crippen molar-refractivity contribution in [1.82, 2.24) is 14.8 Å². The minimum atomic E-state index is -4.85. The van der Waals surface area contributed by atoms with Gasteiger partial charge >= 0.3 is 6.36 Å². The summed E-state index contributed by atoms with van der Waals surface area (Å²) in [5.74, 6) is -1.68. The van der Waals surface area contributed by atoms with Gasteiger partial charge in [-0.1, -0.05) is 6.07 Å². The molecule has 0 atom stereocenters. The summed E-state index contributed by atoms with van der Waals surface area (Å²) >= 11 is 0. The summed E-state index contributed by atoms with van der Waals surface area (Å²) in [5.41, 5.74) is 2.59. The second-order valence-electron chi connectivity index (χ2n) is 7.53. The third-order valence-corrected chi connectivity index (χ3v) is 4.84. The molecule has 11 heteroatoms. The Labute approximate surface area is 197 Å². The minimum Gasteiger partial charge on any atom is -0.406 e. The number of hydrogen-bond donors (Lipinski definition) is 2. The van der Waals surface area contributed by atoms with Gasteiger partial charge in [-0.2, -0.15) is 5.10 Å². The van der Waals surface area contributed by atoms with Crippen LogP contribution in [0.1, 0.15) is 15.9 Å². The van der Waals surface area contributed by atoms with E-state index in [0.717, 1.165) is 35.0 Å². The molecule has 0 saturated carbocycles. The van der Waals surface area contributed by atoms with Gasteiger partial charge in [0.25, 0.3) is 5.91 Å². The van der Waals surface area contributed by atoms with E-state index in [1.807, 2.05) is 18.3 Å². The summed E-state index contributed by atoms with van der Waals surface area (Å²) in [6.07, 6.45) is 0.259. The zero-order valence-electron chi connectivity index (χ0n) is 18.3. The van der Waals surface area contributed by atoms with Crippen molar-refractivity contribution < 1.29 is 27.1 Å². The van der Waals surface area contributed by atoms with Crippen molar-refractivity contribution in [3.8, 4) is 17.0 Å². The van der Waals surface area contributed by atoms with Crippen LogP contribution in [0, 0.1) is 5.82 Å². The summed E-state index contributed by atoms with van der Waals surface area (Å²) in [7, 11) is 1.81. The zero-order chi connectivity index (χ0) is 25.0. The summed E-state index contributed by atoms with van der Waals surface area (Å²) in [4.78, 5) is 16.8. The fourth-order valence-electron chi connectivity index (χ4n) is 3.27. The summed E-state index contributed by atoms with van der Waals surface area (Å²) in [6.45, 7) is 0.229. The SMILES string of the molecule is Cn1ccc(-c2cncc(CNc3cc(C(=O)Nc4cccc(OC(F)(F)F)c4)ccc3F)c2)n1. The lowest BCUT2D eigenvalue weighted by Gasteiger charge is -2.12. The van der Waals surface area contributed by atoms with Crippen molar-refractivity contribution >= 4 is 17.3 Å². The molecule has 4 rings (SSSR count). The van der Waals surface area contributed by atoms with Gasteiger partial charge in [0.2, 0.25) is 0 Å². The van der Waals surface area contributed by atoms with Gasteiger partial charge in [-0.15, -0.1) is 13.2 Å². The van der Waals surface area contributed by atoms with Crippen LogP contribution in [0.5, 0.6) is 5.75 Å². The molecule has 35 heavy (non-hydrogen) atoms. The van der Waals surface area contributed by atoms with Crippen LogP contribution in [-0.4, -0.2) is 27.0 Å². The molecule has 0 aliphatic heterocycles. The molecule has 0 unspecified atom stereocenters. The molecule has 180 valence electrons. The van der Waals surface area contributed by atoms with Crippen LogP contribution in [-0.2, 0) is 13.6 Å². The van der Waals surface area contributed by atoms with Crippen molar-refractivity contribution in [3.05, 3.63) is 90.1 Å². The maximum atomic E-state index is 14.4. The number of alkyl halides is 3. The Morgan fingerprint density at radius 1 is 1.09 bits per heavy atom. The number of ether oxygens (including phenoxy) is 1. The molecule has 2 heterocycles. The molecule has 7 nitrogen and oxygen atoms in total. The van der Waals surface area contributed by atoms with Gasteiger partial charge in [0.1, 0.15) is 11.6 Å².